The molecule has 0 bridgehead atoms. The van der Waals surface area contributed by atoms with E-state index in [4.69, 9.17) is 15.6 Å². The monoisotopic (exact) mass is 470 g/mol. The lowest BCUT2D eigenvalue weighted by molar-refractivity contribution is -0.0456. The zero-order chi connectivity index (χ0) is 22.3. The molecule has 4 rings (SSSR count). The zero-order valence-electron chi connectivity index (χ0n) is 16.1. The summed E-state index contributed by atoms with van der Waals surface area (Å²) in [7, 11) is -4.29. The number of alkyl halides is 1. The van der Waals surface area contributed by atoms with Crippen molar-refractivity contribution in [2.24, 2.45) is 5.14 Å². The fourth-order valence-corrected chi connectivity index (χ4v) is 4.57. The number of nitrogens with two attached hydrogens (primary N) is 2. The summed E-state index contributed by atoms with van der Waals surface area (Å²) in [5, 5.41) is 20.2. The molecule has 0 aliphatic carbocycles. The van der Waals surface area contributed by atoms with Crippen LogP contribution in [0.1, 0.15) is 11.8 Å². The van der Waals surface area contributed by atoms with Gasteiger partial charge in [-0.05, 0) is 19.1 Å². The molecule has 14 heteroatoms. The molecule has 31 heavy (non-hydrogen) atoms. The van der Waals surface area contributed by atoms with Gasteiger partial charge in [-0.3, -0.25) is 4.18 Å². The minimum absolute atomic E-state index is 0.148. The van der Waals surface area contributed by atoms with Crippen LogP contribution < -0.4 is 10.9 Å². The highest BCUT2D eigenvalue weighted by Crippen LogP contribution is 2.39. The predicted molar refractivity (Wildman–Crippen MR) is 109 cm³/mol. The maximum atomic E-state index is 14.9. The highest BCUT2D eigenvalue weighted by atomic mass is 32.2. The number of fused-ring (bicyclic) bond motifs is 1. The first kappa shape index (κ1) is 21.9. The van der Waals surface area contributed by atoms with E-state index in [1.165, 1.54) is 18.1 Å². The molecule has 5 N–H and O–H groups in total. The first-order valence-electron chi connectivity index (χ1n) is 9.02. The number of halogens is 1. The van der Waals surface area contributed by atoms with Crippen molar-refractivity contribution >= 4 is 38.9 Å². The number of nitrogen functional groups attached to an aromatic ring is 1. The number of aromatic nitrogens is 4. The standard InChI is InChI=1S/C17H19FN6O5S2/c1-8-3-2-4-9(5-8)30-16-11-14(19)21-7-22-15(11)24(23-16)17-12(18)13(25)10(29-17)6-28-31(20,26)27/h2-5,7,10,12-13,17,25H,6H2,1H3,(H2,19,21,22)(H2,20,26,27)/t10-,12+,13-,17-/m1/s1. The van der Waals surface area contributed by atoms with Crippen molar-refractivity contribution in [1.29, 1.82) is 0 Å². The van der Waals surface area contributed by atoms with Crippen molar-refractivity contribution in [2.75, 3.05) is 12.3 Å². The van der Waals surface area contributed by atoms with E-state index in [1.54, 1.807) is 0 Å². The molecule has 1 aromatic carbocycles. The van der Waals surface area contributed by atoms with Crippen LogP contribution in [-0.4, -0.2) is 58.3 Å². The smallest absolute Gasteiger partial charge is 0.333 e. The van der Waals surface area contributed by atoms with Gasteiger partial charge < -0.3 is 15.6 Å². The van der Waals surface area contributed by atoms with Crippen molar-refractivity contribution in [3.05, 3.63) is 36.2 Å². The zero-order valence-corrected chi connectivity index (χ0v) is 17.8. The van der Waals surface area contributed by atoms with Crippen LogP contribution in [0, 0.1) is 6.92 Å². The van der Waals surface area contributed by atoms with Gasteiger partial charge in [0.15, 0.2) is 18.0 Å². The summed E-state index contributed by atoms with van der Waals surface area (Å²) in [6.45, 7) is 1.29. The minimum atomic E-state index is -4.29. The molecule has 3 aromatic rings. The molecule has 0 unspecified atom stereocenters. The fourth-order valence-electron chi connectivity index (χ4n) is 3.20. The number of ether oxygens (including phenoxy) is 1. The van der Waals surface area contributed by atoms with E-state index in [1.807, 2.05) is 31.2 Å². The van der Waals surface area contributed by atoms with E-state index < -0.39 is 41.5 Å². The number of aliphatic hydroxyl groups excluding tert-OH is 1. The number of benzene rings is 1. The molecule has 0 amide bonds. The van der Waals surface area contributed by atoms with Crippen LogP contribution in [0.4, 0.5) is 10.2 Å². The molecule has 1 aliphatic heterocycles. The highest BCUT2D eigenvalue weighted by Gasteiger charge is 2.47. The summed E-state index contributed by atoms with van der Waals surface area (Å²) in [4.78, 5) is 9.02. The third-order valence-electron chi connectivity index (χ3n) is 4.62. The van der Waals surface area contributed by atoms with Gasteiger partial charge in [-0.1, -0.05) is 29.5 Å². The average molecular weight is 471 g/mol. The topological polar surface area (TPSA) is 168 Å². The molecule has 4 atom stereocenters. The summed E-state index contributed by atoms with van der Waals surface area (Å²) in [6.07, 6.45) is -5.09. The van der Waals surface area contributed by atoms with E-state index in [0.29, 0.717) is 10.4 Å². The van der Waals surface area contributed by atoms with Gasteiger partial charge >= 0.3 is 10.3 Å². The Balaban J connectivity index is 1.70. The van der Waals surface area contributed by atoms with E-state index in [-0.39, 0.29) is 11.5 Å². The largest absolute Gasteiger partial charge is 0.387 e. The van der Waals surface area contributed by atoms with Crippen molar-refractivity contribution < 1.29 is 26.8 Å². The number of nitrogens with zero attached hydrogens (tertiary/aromatic N) is 4. The number of aliphatic hydroxyl groups is 1. The molecule has 2 aromatic heterocycles. The summed E-state index contributed by atoms with van der Waals surface area (Å²) in [5.41, 5.74) is 7.28. The van der Waals surface area contributed by atoms with Crippen molar-refractivity contribution in [3.63, 3.8) is 0 Å². The second-order valence-electron chi connectivity index (χ2n) is 6.90. The second-order valence-corrected chi connectivity index (χ2v) is 9.19. The van der Waals surface area contributed by atoms with Gasteiger partial charge in [0.25, 0.3) is 0 Å². The van der Waals surface area contributed by atoms with E-state index in [0.717, 1.165) is 15.1 Å². The molecule has 0 saturated carbocycles. The number of hydrogen-bond acceptors (Lipinski definition) is 10. The van der Waals surface area contributed by atoms with Crippen LogP contribution in [0.2, 0.25) is 0 Å². The Morgan fingerprint density at radius 3 is 2.87 bits per heavy atom. The Bertz CT molecular complexity index is 1220. The van der Waals surface area contributed by atoms with Gasteiger partial charge in [-0.15, -0.1) is 0 Å². The van der Waals surface area contributed by atoms with Crippen LogP contribution in [0.3, 0.4) is 0 Å². The first-order valence-corrected chi connectivity index (χ1v) is 11.3. The van der Waals surface area contributed by atoms with Crippen molar-refractivity contribution in [2.45, 2.75) is 41.5 Å². The average Bonchev–Trinajstić information content (AvgIpc) is 3.19. The Morgan fingerprint density at radius 2 is 2.16 bits per heavy atom. The number of anilines is 1. The van der Waals surface area contributed by atoms with Gasteiger partial charge in [-0.25, -0.2) is 24.2 Å². The molecule has 3 heterocycles. The van der Waals surface area contributed by atoms with E-state index in [2.05, 4.69) is 19.2 Å². The number of hydrogen-bond donors (Lipinski definition) is 3. The quantitative estimate of drug-likeness (QED) is 0.466. The van der Waals surface area contributed by atoms with Gasteiger partial charge in [0.2, 0.25) is 0 Å². The Kier molecular flexibility index (Phi) is 5.85. The molecular weight excluding hydrogens is 451 g/mol. The summed E-state index contributed by atoms with van der Waals surface area (Å²) < 4.78 is 48.0. The van der Waals surface area contributed by atoms with Crippen molar-refractivity contribution in [3.8, 4) is 0 Å². The van der Waals surface area contributed by atoms with Crippen LogP contribution in [0.25, 0.3) is 11.0 Å². The Morgan fingerprint density at radius 1 is 1.39 bits per heavy atom. The van der Waals surface area contributed by atoms with Gasteiger partial charge in [0.05, 0.1) is 12.0 Å². The molecule has 0 spiro atoms. The lowest BCUT2D eigenvalue weighted by atomic mass is 10.1. The maximum absolute atomic E-state index is 14.9. The van der Waals surface area contributed by atoms with Gasteiger partial charge in [0.1, 0.15) is 29.4 Å². The molecular formula is C17H19FN6O5S2. The third-order valence-corrected chi connectivity index (χ3v) is 6.05. The first-order chi connectivity index (χ1) is 14.6. The van der Waals surface area contributed by atoms with E-state index in [9.17, 15) is 17.9 Å². The number of aryl methyl sites for hydroxylation is 1. The molecule has 0 radical (unpaired) electrons. The van der Waals surface area contributed by atoms with Crippen LogP contribution in [0.15, 0.2) is 40.5 Å². The maximum Gasteiger partial charge on any atom is 0.333 e. The SMILES string of the molecule is Cc1cccc(Sc2nn([C@@H]3O[C@H](COS(N)(=O)=O)[C@@H](O)[C@@H]3F)c3ncnc(N)c23)c1. The second kappa shape index (κ2) is 8.29. The van der Waals surface area contributed by atoms with Crippen LogP contribution >= 0.6 is 11.8 Å². The fraction of sp³-hybridized carbons (Fsp3) is 0.353. The van der Waals surface area contributed by atoms with Crippen molar-refractivity contribution in [1.82, 2.24) is 19.7 Å². The lowest BCUT2D eigenvalue weighted by Gasteiger charge is -2.14. The summed E-state index contributed by atoms with van der Waals surface area (Å²) >= 11 is 1.29. The third kappa shape index (κ3) is 4.49. The lowest BCUT2D eigenvalue weighted by Crippen LogP contribution is -2.33. The molecule has 1 saturated heterocycles. The minimum Gasteiger partial charge on any atom is -0.387 e. The van der Waals surface area contributed by atoms with E-state index >= 15 is 0 Å². The van der Waals surface area contributed by atoms with Crippen LogP contribution in [-0.2, 0) is 19.2 Å². The molecule has 166 valence electrons. The number of rotatable bonds is 6. The van der Waals surface area contributed by atoms with Crippen LogP contribution in [0.5, 0.6) is 0 Å². The van der Waals surface area contributed by atoms with Gasteiger partial charge in [0, 0.05) is 4.90 Å². The molecule has 1 fully saturated rings. The summed E-state index contributed by atoms with van der Waals surface area (Å²) in [6, 6.07) is 7.67. The normalized spacial score (nSPS) is 24.1. The Labute approximate surface area is 180 Å². The predicted octanol–water partition coefficient (Wildman–Crippen LogP) is 0.685. The summed E-state index contributed by atoms with van der Waals surface area (Å²) in [5.74, 6) is 0.148. The Hall–Kier alpha value is -2.36. The molecule has 11 nitrogen and oxygen atoms in total. The molecule has 1 aliphatic rings. The highest BCUT2D eigenvalue weighted by molar-refractivity contribution is 7.99. The van der Waals surface area contributed by atoms with Gasteiger partial charge in [-0.2, -0.15) is 13.5 Å².